The Morgan fingerprint density at radius 1 is 1.56 bits per heavy atom. The van der Waals surface area contributed by atoms with Crippen molar-refractivity contribution in [2.45, 2.75) is 24.0 Å². The molecule has 0 saturated carbocycles. The van der Waals surface area contributed by atoms with Crippen LogP contribution >= 0.6 is 11.3 Å². The van der Waals surface area contributed by atoms with Crippen LogP contribution in [0.4, 0.5) is 0 Å². The lowest BCUT2D eigenvalue weighted by molar-refractivity contribution is 0.0590. The van der Waals surface area contributed by atoms with Crippen molar-refractivity contribution in [1.29, 1.82) is 0 Å². The second-order valence-corrected chi connectivity index (χ2v) is 6.76. The van der Waals surface area contributed by atoms with Gasteiger partial charge in [-0.05, 0) is 6.42 Å². The smallest absolute Gasteiger partial charge is 0.358 e. The van der Waals surface area contributed by atoms with Crippen LogP contribution in [0.15, 0.2) is 9.72 Å². The van der Waals surface area contributed by atoms with E-state index in [-0.39, 0.29) is 9.90 Å². The number of rotatable bonds is 6. The van der Waals surface area contributed by atoms with Gasteiger partial charge in [-0.2, -0.15) is 0 Å². The molecule has 0 amide bonds. The summed E-state index contributed by atoms with van der Waals surface area (Å²) in [6.45, 7) is 2.39. The predicted octanol–water partition coefficient (Wildman–Crippen LogP) is 1.35. The van der Waals surface area contributed by atoms with Gasteiger partial charge in [0.1, 0.15) is 0 Å². The molecule has 0 aliphatic carbocycles. The number of sulfonamides is 1. The molecule has 1 aromatic heterocycles. The molecule has 0 aliphatic rings. The number of nitrogens with zero attached hydrogens (tertiary/aromatic N) is 2. The maximum absolute atomic E-state index is 12.2. The van der Waals surface area contributed by atoms with Crippen LogP contribution in [0.5, 0.6) is 0 Å². The number of esters is 1. The summed E-state index contributed by atoms with van der Waals surface area (Å²) in [5.41, 5.74) is 1.18. The third kappa shape index (κ3) is 3.06. The molecule has 0 aromatic carbocycles. The molecule has 1 aromatic rings. The SMILES string of the molecule is CCCCN(C)S(=O)(=O)c1scnc1C(=O)OC. The summed E-state index contributed by atoms with van der Waals surface area (Å²) in [5.74, 6) is -0.737. The molecule has 0 saturated heterocycles. The van der Waals surface area contributed by atoms with Crippen LogP contribution in [0.3, 0.4) is 0 Å². The molecule has 0 bridgehead atoms. The molecular formula is C10H16N2O4S2. The van der Waals surface area contributed by atoms with Crippen LogP contribution < -0.4 is 0 Å². The van der Waals surface area contributed by atoms with Gasteiger partial charge in [0.2, 0.25) is 0 Å². The van der Waals surface area contributed by atoms with Gasteiger partial charge >= 0.3 is 5.97 Å². The maximum Gasteiger partial charge on any atom is 0.358 e. The van der Waals surface area contributed by atoms with Gasteiger partial charge in [0.05, 0.1) is 12.6 Å². The van der Waals surface area contributed by atoms with Crippen LogP contribution in [-0.4, -0.2) is 44.4 Å². The molecule has 18 heavy (non-hydrogen) atoms. The summed E-state index contributed by atoms with van der Waals surface area (Å²) < 4.78 is 30.1. The monoisotopic (exact) mass is 292 g/mol. The van der Waals surface area contributed by atoms with Crippen molar-refractivity contribution in [2.75, 3.05) is 20.7 Å². The number of hydrogen-bond acceptors (Lipinski definition) is 6. The summed E-state index contributed by atoms with van der Waals surface area (Å²) in [4.78, 5) is 15.2. The van der Waals surface area contributed by atoms with E-state index in [0.29, 0.717) is 6.54 Å². The average molecular weight is 292 g/mol. The Morgan fingerprint density at radius 3 is 2.78 bits per heavy atom. The molecule has 0 unspecified atom stereocenters. The second kappa shape index (κ2) is 6.26. The molecule has 0 aliphatic heterocycles. The summed E-state index contributed by atoms with van der Waals surface area (Å²) in [6, 6.07) is 0. The van der Waals surface area contributed by atoms with Crippen LogP contribution in [0.1, 0.15) is 30.3 Å². The van der Waals surface area contributed by atoms with Gasteiger partial charge in [0.25, 0.3) is 10.0 Å². The Kier molecular flexibility index (Phi) is 5.24. The first-order valence-corrected chi connectivity index (χ1v) is 7.75. The number of hydrogen-bond donors (Lipinski definition) is 0. The number of aromatic nitrogens is 1. The van der Waals surface area contributed by atoms with E-state index in [2.05, 4.69) is 9.72 Å². The highest BCUT2D eigenvalue weighted by molar-refractivity contribution is 7.91. The first-order chi connectivity index (χ1) is 8.45. The van der Waals surface area contributed by atoms with E-state index in [1.807, 2.05) is 6.92 Å². The molecule has 0 spiro atoms. The largest absolute Gasteiger partial charge is 0.464 e. The molecule has 1 heterocycles. The van der Waals surface area contributed by atoms with E-state index in [1.54, 1.807) is 0 Å². The second-order valence-electron chi connectivity index (χ2n) is 3.66. The van der Waals surface area contributed by atoms with Gasteiger partial charge < -0.3 is 4.74 Å². The summed E-state index contributed by atoms with van der Waals surface area (Å²) in [7, 11) is -0.980. The van der Waals surface area contributed by atoms with Crippen molar-refractivity contribution in [3.8, 4) is 0 Å². The summed E-state index contributed by atoms with van der Waals surface area (Å²) in [6.07, 6.45) is 1.66. The fraction of sp³-hybridized carbons (Fsp3) is 0.600. The Labute approximate surface area is 111 Å². The minimum atomic E-state index is -3.67. The van der Waals surface area contributed by atoms with Gasteiger partial charge in [0, 0.05) is 13.6 Å². The Bertz CT molecular complexity index is 510. The van der Waals surface area contributed by atoms with E-state index in [0.717, 1.165) is 24.2 Å². The van der Waals surface area contributed by atoms with Crippen LogP contribution in [-0.2, 0) is 14.8 Å². The molecular weight excluding hydrogens is 276 g/mol. The Morgan fingerprint density at radius 2 is 2.22 bits per heavy atom. The summed E-state index contributed by atoms with van der Waals surface area (Å²) >= 11 is 0.920. The topological polar surface area (TPSA) is 76.6 Å². The lowest BCUT2D eigenvalue weighted by Crippen LogP contribution is -2.28. The lowest BCUT2D eigenvalue weighted by atomic mass is 10.3. The van der Waals surface area contributed by atoms with Crippen molar-refractivity contribution >= 4 is 27.3 Å². The molecule has 102 valence electrons. The third-order valence-electron chi connectivity index (χ3n) is 2.38. The zero-order chi connectivity index (χ0) is 13.8. The maximum atomic E-state index is 12.2. The number of carbonyl (C=O) groups is 1. The fourth-order valence-electron chi connectivity index (χ4n) is 1.29. The van der Waals surface area contributed by atoms with Crippen molar-refractivity contribution in [2.24, 2.45) is 0 Å². The highest BCUT2D eigenvalue weighted by Crippen LogP contribution is 2.24. The number of carbonyl (C=O) groups excluding carboxylic acids is 1. The number of thiazole rings is 1. The van der Waals surface area contributed by atoms with Gasteiger partial charge in [0.15, 0.2) is 9.90 Å². The fourth-order valence-corrected chi connectivity index (χ4v) is 3.83. The van der Waals surface area contributed by atoms with Crippen molar-refractivity contribution < 1.29 is 17.9 Å². The first-order valence-electron chi connectivity index (χ1n) is 5.43. The summed E-state index contributed by atoms with van der Waals surface area (Å²) in [5, 5.41) is 0. The zero-order valence-corrected chi connectivity index (χ0v) is 12.2. The Balaban J connectivity index is 3.05. The number of unbranched alkanes of at least 4 members (excludes halogenated alkanes) is 1. The third-order valence-corrected chi connectivity index (χ3v) is 5.59. The minimum absolute atomic E-state index is 0.0621. The molecule has 6 nitrogen and oxygen atoms in total. The zero-order valence-electron chi connectivity index (χ0n) is 10.5. The van der Waals surface area contributed by atoms with E-state index < -0.39 is 16.0 Å². The van der Waals surface area contributed by atoms with Crippen molar-refractivity contribution in [3.63, 3.8) is 0 Å². The van der Waals surface area contributed by atoms with Crippen LogP contribution in [0.2, 0.25) is 0 Å². The predicted molar refractivity (Wildman–Crippen MR) is 68.2 cm³/mol. The highest BCUT2D eigenvalue weighted by atomic mass is 32.2. The molecule has 0 radical (unpaired) electrons. The van der Waals surface area contributed by atoms with Gasteiger partial charge in [-0.25, -0.2) is 22.5 Å². The quantitative estimate of drug-likeness (QED) is 0.740. The van der Waals surface area contributed by atoms with Gasteiger partial charge in [-0.1, -0.05) is 13.3 Å². The van der Waals surface area contributed by atoms with Crippen LogP contribution in [0, 0.1) is 0 Å². The van der Waals surface area contributed by atoms with Crippen molar-refractivity contribution in [1.82, 2.24) is 9.29 Å². The van der Waals surface area contributed by atoms with Crippen molar-refractivity contribution in [3.05, 3.63) is 11.2 Å². The minimum Gasteiger partial charge on any atom is -0.464 e. The van der Waals surface area contributed by atoms with E-state index >= 15 is 0 Å². The lowest BCUT2D eigenvalue weighted by Gasteiger charge is -2.15. The highest BCUT2D eigenvalue weighted by Gasteiger charge is 2.29. The van der Waals surface area contributed by atoms with Crippen LogP contribution in [0.25, 0.3) is 0 Å². The average Bonchev–Trinajstić information content (AvgIpc) is 2.84. The number of ether oxygens (including phenoxy) is 1. The van der Waals surface area contributed by atoms with E-state index in [9.17, 15) is 13.2 Å². The molecule has 8 heteroatoms. The van der Waals surface area contributed by atoms with Gasteiger partial charge in [-0.15, -0.1) is 11.3 Å². The molecule has 0 N–H and O–H groups in total. The molecule has 0 atom stereocenters. The number of methoxy groups -OCH3 is 1. The molecule has 0 fully saturated rings. The first kappa shape index (κ1) is 15.1. The van der Waals surface area contributed by atoms with E-state index in [4.69, 9.17) is 0 Å². The Hall–Kier alpha value is -0.990. The normalized spacial score (nSPS) is 11.8. The van der Waals surface area contributed by atoms with Gasteiger partial charge in [-0.3, -0.25) is 0 Å². The van der Waals surface area contributed by atoms with E-state index in [1.165, 1.54) is 24.0 Å². The standard InChI is InChI=1S/C10H16N2O4S2/c1-4-5-6-12(2)18(14,15)10-8(9(13)16-3)11-7-17-10/h7H,4-6H2,1-3H3. The molecule has 1 rings (SSSR count).